The number of benzene rings is 2. The lowest BCUT2D eigenvalue weighted by Crippen LogP contribution is -2.08. The molecule has 0 spiro atoms. The summed E-state index contributed by atoms with van der Waals surface area (Å²) in [5.74, 6) is 0.452. The summed E-state index contributed by atoms with van der Waals surface area (Å²) >= 11 is 0. The first-order valence-electron chi connectivity index (χ1n) is 7.14. The Morgan fingerprint density at radius 2 is 2.00 bits per heavy atom. The fraction of sp³-hybridized carbons (Fsp3) is 0.167. The quantitative estimate of drug-likeness (QED) is 0.731. The number of carbonyl (C=O) groups is 1. The van der Waals surface area contributed by atoms with Crippen LogP contribution in [0.2, 0.25) is 0 Å². The van der Waals surface area contributed by atoms with Crippen molar-refractivity contribution < 1.29 is 23.8 Å². The zero-order valence-corrected chi connectivity index (χ0v) is 12.6. The summed E-state index contributed by atoms with van der Waals surface area (Å²) in [5.41, 5.74) is 2.08. The number of aromatic hydroxyl groups is 1. The van der Waals surface area contributed by atoms with Crippen molar-refractivity contribution in [3.05, 3.63) is 59.9 Å². The summed E-state index contributed by atoms with van der Waals surface area (Å²) < 4.78 is 15.9. The first-order chi connectivity index (χ1) is 11.2. The Hall–Kier alpha value is -2.95. The summed E-state index contributed by atoms with van der Waals surface area (Å²) in [6.45, 7) is 0.152. The van der Waals surface area contributed by atoms with Gasteiger partial charge in [-0.05, 0) is 18.2 Å². The second-order valence-electron chi connectivity index (χ2n) is 5.09. The molecule has 5 nitrogen and oxygen atoms in total. The van der Waals surface area contributed by atoms with Gasteiger partial charge in [0.25, 0.3) is 0 Å². The van der Waals surface area contributed by atoms with Crippen LogP contribution in [0.15, 0.2) is 53.1 Å². The highest BCUT2D eigenvalue weighted by atomic mass is 16.5. The number of phenols is 1. The molecule has 1 aromatic heterocycles. The van der Waals surface area contributed by atoms with Crippen LogP contribution in [-0.2, 0) is 22.6 Å². The largest absolute Gasteiger partial charge is 0.508 e. The number of methoxy groups -OCH3 is 1. The van der Waals surface area contributed by atoms with Crippen LogP contribution in [0.25, 0.3) is 11.0 Å². The summed E-state index contributed by atoms with van der Waals surface area (Å²) in [5, 5.41) is 10.2. The van der Waals surface area contributed by atoms with Crippen LogP contribution >= 0.6 is 0 Å². The molecular formula is C18H16O5. The van der Waals surface area contributed by atoms with E-state index >= 15 is 0 Å². The lowest BCUT2D eigenvalue weighted by molar-refractivity contribution is -0.144. The van der Waals surface area contributed by atoms with Crippen LogP contribution in [0.3, 0.4) is 0 Å². The van der Waals surface area contributed by atoms with E-state index in [0.29, 0.717) is 11.3 Å². The van der Waals surface area contributed by atoms with Gasteiger partial charge in [0, 0.05) is 22.6 Å². The number of furan rings is 1. The summed E-state index contributed by atoms with van der Waals surface area (Å²) in [4.78, 5) is 12.0. The molecule has 0 atom stereocenters. The number of ether oxygens (including phenoxy) is 2. The van der Waals surface area contributed by atoms with E-state index in [9.17, 15) is 9.90 Å². The third kappa shape index (κ3) is 3.29. The molecule has 0 aliphatic heterocycles. The van der Waals surface area contributed by atoms with Crippen molar-refractivity contribution in [1.29, 1.82) is 0 Å². The summed E-state index contributed by atoms with van der Waals surface area (Å²) in [6.07, 6.45) is 1.61. The minimum absolute atomic E-state index is 0.104. The van der Waals surface area contributed by atoms with E-state index in [1.165, 1.54) is 12.3 Å². The molecule has 2 aromatic carbocycles. The van der Waals surface area contributed by atoms with E-state index in [1.54, 1.807) is 19.2 Å². The lowest BCUT2D eigenvalue weighted by atomic mass is 10.1. The number of hydrogen-bond donors (Lipinski definition) is 1. The van der Waals surface area contributed by atoms with Gasteiger partial charge in [-0.2, -0.15) is 0 Å². The van der Waals surface area contributed by atoms with Crippen molar-refractivity contribution in [3.63, 3.8) is 0 Å². The van der Waals surface area contributed by atoms with Crippen LogP contribution in [0.5, 0.6) is 11.5 Å². The highest BCUT2D eigenvalue weighted by molar-refractivity contribution is 5.86. The van der Waals surface area contributed by atoms with Gasteiger partial charge in [0.15, 0.2) is 0 Å². The number of para-hydroxylation sites is 1. The highest BCUT2D eigenvalue weighted by Gasteiger charge is 2.13. The fourth-order valence-electron chi connectivity index (χ4n) is 2.40. The second kappa shape index (κ2) is 6.44. The molecule has 0 amide bonds. The highest BCUT2D eigenvalue weighted by Crippen LogP contribution is 2.25. The number of carbonyl (C=O) groups excluding carboxylic acids is 1. The van der Waals surface area contributed by atoms with Crippen LogP contribution < -0.4 is 4.74 Å². The second-order valence-corrected chi connectivity index (χ2v) is 5.09. The molecule has 0 saturated carbocycles. The lowest BCUT2D eigenvalue weighted by Gasteiger charge is -2.08. The topological polar surface area (TPSA) is 68.9 Å². The first kappa shape index (κ1) is 15.0. The third-order valence-corrected chi connectivity index (χ3v) is 3.56. The van der Waals surface area contributed by atoms with E-state index in [0.717, 1.165) is 16.5 Å². The summed E-state index contributed by atoms with van der Waals surface area (Å²) in [7, 11) is 1.58. The molecule has 0 radical (unpaired) electrons. The van der Waals surface area contributed by atoms with E-state index < -0.39 is 0 Å². The Morgan fingerprint density at radius 1 is 1.17 bits per heavy atom. The van der Waals surface area contributed by atoms with Crippen LogP contribution in [-0.4, -0.2) is 18.2 Å². The molecule has 23 heavy (non-hydrogen) atoms. The van der Waals surface area contributed by atoms with Crippen molar-refractivity contribution in [2.75, 3.05) is 7.11 Å². The Morgan fingerprint density at radius 3 is 2.83 bits per heavy atom. The van der Waals surface area contributed by atoms with E-state index in [2.05, 4.69) is 0 Å². The van der Waals surface area contributed by atoms with Crippen molar-refractivity contribution in [1.82, 2.24) is 0 Å². The van der Waals surface area contributed by atoms with Gasteiger partial charge in [0.2, 0.25) is 0 Å². The Labute approximate surface area is 133 Å². The minimum Gasteiger partial charge on any atom is -0.508 e. The smallest absolute Gasteiger partial charge is 0.310 e. The third-order valence-electron chi connectivity index (χ3n) is 3.56. The molecule has 118 valence electrons. The van der Waals surface area contributed by atoms with Gasteiger partial charge in [-0.3, -0.25) is 4.79 Å². The van der Waals surface area contributed by atoms with Gasteiger partial charge in [-0.25, -0.2) is 0 Å². The van der Waals surface area contributed by atoms with Gasteiger partial charge in [0.05, 0.1) is 19.8 Å². The zero-order valence-electron chi connectivity index (χ0n) is 12.6. The molecule has 0 unspecified atom stereocenters. The average Bonchev–Trinajstić information content (AvgIpc) is 2.95. The monoisotopic (exact) mass is 312 g/mol. The van der Waals surface area contributed by atoms with Crippen molar-refractivity contribution in [2.45, 2.75) is 13.0 Å². The fourth-order valence-corrected chi connectivity index (χ4v) is 2.40. The number of phenolic OH excluding ortho intramolecular Hbond substituents is 1. The van der Waals surface area contributed by atoms with Crippen molar-refractivity contribution in [3.8, 4) is 11.5 Å². The molecule has 5 heteroatoms. The molecule has 0 saturated heterocycles. The predicted octanol–water partition coefficient (Wildman–Crippen LogP) is 3.43. The van der Waals surface area contributed by atoms with Crippen LogP contribution in [0.1, 0.15) is 11.1 Å². The van der Waals surface area contributed by atoms with Gasteiger partial charge < -0.3 is 19.0 Å². The number of fused-ring (bicyclic) bond motifs is 1. The number of rotatable bonds is 5. The molecule has 1 N–H and O–H groups in total. The predicted molar refractivity (Wildman–Crippen MR) is 84.4 cm³/mol. The van der Waals surface area contributed by atoms with Crippen LogP contribution in [0.4, 0.5) is 0 Å². The van der Waals surface area contributed by atoms with Gasteiger partial charge >= 0.3 is 5.97 Å². The SMILES string of the molecule is COc1ccccc1COC(=O)Cc1coc2cc(O)ccc12. The number of hydrogen-bond acceptors (Lipinski definition) is 5. The molecule has 3 aromatic rings. The van der Waals surface area contributed by atoms with Crippen LogP contribution in [0, 0.1) is 0 Å². The molecule has 3 rings (SSSR count). The normalized spacial score (nSPS) is 10.7. The van der Waals surface area contributed by atoms with Gasteiger partial charge in [-0.1, -0.05) is 18.2 Å². The number of esters is 1. The van der Waals surface area contributed by atoms with E-state index in [4.69, 9.17) is 13.9 Å². The molecule has 0 bridgehead atoms. The van der Waals surface area contributed by atoms with Gasteiger partial charge in [-0.15, -0.1) is 0 Å². The maximum atomic E-state index is 12.0. The minimum atomic E-state index is -0.355. The molecule has 0 aliphatic carbocycles. The standard InChI is InChI=1S/C18H16O5/c1-21-16-5-3-2-4-12(16)10-23-18(20)8-13-11-22-17-9-14(19)6-7-15(13)17/h2-7,9,11,19H,8,10H2,1H3. The van der Waals surface area contributed by atoms with E-state index in [-0.39, 0.29) is 24.7 Å². The van der Waals surface area contributed by atoms with Gasteiger partial charge in [0.1, 0.15) is 23.7 Å². The average molecular weight is 312 g/mol. The molecular weight excluding hydrogens is 296 g/mol. The Kier molecular flexibility index (Phi) is 4.19. The molecule has 0 fully saturated rings. The maximum Gasteiger partial charge on any atom is 0.310 e. The molecule has 0 aliphatic rings. The van der Waals surface area contributed by atoms with Crippen molar-refractivity contribution >= 4 is 16.9 Å². The maximum absolute atomic E-state index is 12.0. The Balaban J connectivity index is 1.67. The Bertz CT molecular complexity index is 834. The van der Waals surface area contributed by atoms with E-state index in [1.807, 2.05) is 24.3 Å². The molecule has 1 heterocycles. The van der Waals surface area contributed by atoms with Crippen molar-refractivity contribution in [2.24, 2.45) is 0 Å². The zero-order chi connectivity index (χ0) is 16.2. The summed E-state index contributed by atoms with van der Waals surface area (Å²) in [6, 6.07) is 12.2. The first-order valence-corrected chi connectivity index (χ1v) is 7.14.